The number of carbonyl (C=O) groups is 3. The number of carbonyl (C=O) groups excluding carboxylic acids is 3. The van der Waals surface area contributed by atoms with Crippen molar-refractivity contribution in [1.82, 2.24) is 5.32 Å². The molecule has 6 nitrogen and oxygen atoms in total. The molecule has 0 aliphatic rings. The molecule has 5 rings (SSSR count). The number of rotatable bonds is 10. The Kier molecular flexibility index (Phi) is 11.6. The van der Waals surface area contributed by atoms with Crippen LogP contribution in [0.1, 0.15) is 26.7 Å². The van der Waals surface area contributed by atoms with Crippen molar-refractivity contribution in [3.8, 4) is 0 Å². The van der Waals surface area contributed by atoms with Crippen molar-refractivity contribution in [2.24, 2.45) is 0 Å². The number of benzene rings is 5. The van der Waals surface area contributed by atoms with Gasteiger partial charge in [-0.25, -0.2) is 0 Å². The van der Waals surface area contributed by atoms with E-state index in [1.54, 1.807) is 84.9 Å². The zero-order valence-corrected chi connectivity index (χ0v) is 28.2. The van der Waals surface area contributed by atoms with Gasteiger partial charge in [-0.2, -0.15) is 0 Å². The molecule has 5 aromatic rings. The maximum atomic E-state index is 13.6. The van der Waals surface area contributed by atoms with E-state index in [9.17, 15) is 14.4 Å². The van der Waals surface area contributed by atoms with Crippen molar-refractivity contribution in [3.63, 3.8) is 0 Å². The van der Waals surface area contributed by atoms with E-state index in [1.807, 2.05) is 36.4 Å². The van der Waals surface area contributed by atoms with Crippen LogP contribution >= 0.6 is 58.2 Å². The van der Waals surface area contributed by atoms with Crippen molar-refractivity contribution < 1.29 is 14.4 Å². The number of thioether (sulfide) groups is 1. The van der Waals surface area contributed by atoms with Crippen LogP contribution in [0, 0.1) is 0 Å². The van der Waals surface area contributed by atoms with Gasteiger partial charge in [-0.3, -0.25) is 14.4 Å². The molecular weight excluding hydrogens is 696 g/mol. The van der Waals surface area contributed by atoms with Crippen LogP contribution in [-0.2, 0) is 9.59 Å². The van der Waals surface area contributed by atoms with Crippen LogP contribution in [0.2, 0.25) is 20.1 Å². The number of hydrogen-bond donors (Lipinski definition) is 3. The molecular formula is C36H25Cl4N3O3S. The summed E-state index contributed by atoms with van der Waals surface area (Å²) in [6, 6.07) is 34.7. The lowest BCUT2D eigenvalue weighted by Gasteiger charge is -2.18. The lowest BCUT2D eigenvalue weighted by atomic mass is 10.1. The van der Waals surface area contributed by atoms with Crippen molar-refractivity contribution in [1.29, 1.82) is 0 Å². The van der Waals surface area contributed by atoms with Crippen molar-refractivity contribution >= 4 is 93.3 Å². The summed E-state index contributed by atoms with van der Waals surface area (Å²) >= 11 is 26.2. The largest absolute Gasteiger partial charge is 0.325 e. The predicted molar refractivity (Wildman–Crippen MR) is 194 cm³/mol. The highest BCUT2D eigenvalue weighted by molar-refractivity contribution is 8.00. The van der Waals surface area contributed by atoms with Crippen LogP contribution < -0.4 is 16.0 Å². The zero-order valence-electron chi connectivity index (χ0n) is 24.3. The van der Waals surface area contributed by atoms with Crippen molar-refractivity contribution in [3.05, 3.63) is 164 Å². The van der Waals surface area contributed by atoms with Crippen molar-refractivity contribution in [2.75, 3.05) is 10.6 Å². The van der Waals surface area contributed by atoms with Gasteiger partial charge in [-0.1, -0.05) is 113 Å². The molecule has 0 bridgehead atoms. The molecule has 0 fully saturated rings. The van der Waals surface area contributed by atoms with Crippen LogP contribution in [0.4, 0.5) is 11.4 Å². The summed E-state index contributed by atoms with van der Waals surface area (Å²) in [6.45, 7) is 0. The average molecular weight is 721 g/mol. The second-order valence-electron chi connectivity index (χ2n) is 10.1. The molecule has 0 aliphatic heterocycles. The number of nitrogens with one attached hydrogen (secondary N) is 3. The van der Waals surface area contributed by atoms with Gasteiger partial charge in [-0.05, 0) is 71.8 Å². The topological polar surface area (TPSA) is 87.3 Å². The molecule has 11 heteroatoms. The van der Waals surface area contributed by atoms with E-state index in [0.717, 1.165) is 5.56 Å². The van der Waals surface area contributed by atoms with Gasteiger partial charge in [0.2, 0.25) is 5.91 Å². The quantitative estimate of drug-likeness (QED) is 0.0990. The van der Waals surface area contributed by atoms with Gasteiger partial charge in [0.1, 0.15) is 10.9 Å². The van der Waals surface area contributed by atoms with Gasteiger partial charge in [0.05, 0.1) is 10.0 Å². The summed E-state index contributed by atoms with van der Waals surface area (Å²) in [5.41, 5.74) is 2.43. The third kappa shape index (κ3) is 9.41. The molecule has 3 N–H and O–H groups in total. The Morgan fingerprint density at radius 2 is 1.32 bits per heavy atom. The van der Waals surface area contributed by atoms with E-state index >= 15 is 0 Å². The number of hydrogen-bond acceptors (Lipinski definition) is 4. The fourth-order valence-corrected chi connectivity index (χ4v) is 6.42. The maximum Gasteiger partial charge on any atom is 0.272 e. The van der Waals surface area contributed by atoms with E-state index in [0.29, 0.717) is 42.5 Å². The van der Waals surface area contributed by atoms with Crippen molar-refractivity contribution in [2.45, 2.75) is 10.1 Å². The Morgan fingerprint density at radius 1 is 0.660 bits per heavy atom. The third-order valence-corrected chi connectivity index (χ3v) is 9.14. The molecule has 1 unspecified atom stereocenters. The van der Waals surface area contributed by atoms with Crippen LogP contribution in [0.15, 0.2) is 132 Å². The minimum absolute atomic E-state index is 0.0530. The summed E-state index contributed by atoms with van der Waals surface area (Å²) < 4.78 is 0. The number of amides is 3. The highest BCUT2D eigenvalue weighted by Crippen LogP contribution is 2.38. The third-order valence-electron chi connectivity index (χ3n) is 6.63. The molecule has 0 spiro atoms. The molecule has 47 heavy (non-hydrogen) atoms. The molecule has 0 aromatic heterocycles. The molecule has 0 saturated heterocycles. The predicted octanol–water partition coefficient (Wildman–Crippen LogP) is 10.2. The van der Waals surface area contributed by atoms with E-state index in [1.165, 1.54) is 17.8 Å². The Bertz CT molecular complexity index is 1940. The van der Waals surface area contributed by atoms with Crippen LogP contribution in [0.25, 0.3) is 6.08 Å². The monoisotopic (exact) mass is 719 g/mol. The van der Waals surface area contributed by atoms with E-state index in [-0.39, 0.29) is 16.6 Å². The summed E-state index contributed by atoms with van der Waals surface area (Å²) in [7, 11) is 0. The van der Waals surface area contributed by atoms with Gasteiger partial charge in [0, 0.05) is 31.9 Å². The second kappa shape index (κ2) is 16.0. The van der Waals surface area contributed by atoms with Gasteiger partial charge in [0.25, 0.3) is 11.8 Å². The van der Waals surface area contributed by atoms with E-state index in [4.69, 9.17) is 46.4 Å². The normalized spacial score (nSPS) is 11.8. The number of anilines is 2. The highest BCUT2D eigenvalue weighted by Gasteiger charge is 2.23. The van der Waals surface area contributed by atoms with Crippen LogP contribution in [0.5, 0.6) is 0 Å². The Labute approximate surface area is 296 Å². The minimum Gasteiger partial charge on any atom is -0.325 e. The lowest BCUT2D eigenvalue weighted by Crippen LogP contribution is -2.30. The first-order valence-corrected chi connectivity index (χ1v) is 16.5. The smallest absolute Gasteiger partial charge is 0.272 e. The fourth-order valence-electron chi connectivity index (χ4n) is 4.45. The molecule has 3 amide bonds. The Hall–Kier alpha value is -4.24. The summed E-state index contributed by atoms with van der Waals surface area (Å²) in [4.78, 5) is 41.0. The summed E-state index contributed by atoms with van der Waals surface area (Å²) in [5.74, 6) is -1.36. The second-order valence-corrected chi connectivity index (χ2v) is 12.9. The summed E-state index contributed by atoms with van der Waals surface area (Å²) in [5, 5.41) is 9.10. The van der Waals surface area contributed by atoms with E-state index < -0.39 is 17.1 Å². The first-order chi connectivity index (χ1) is 22.7. The molecule has 1 atom stereocenters. The van der Waals surface area contributed by atoms with Gasteiger partial charge < -0.3 is 16.0 Å². The standard InChI is InChI=1S/C36H25Cl4N3O3S/c37-25-18-26(38)20-28(19-25)42-36(46)33(22-9-3-1-4-10-22)47-29-15-8-14-27(21-29)41-35(45)31(17-24-13-7-16-30(39)32(24)40)43-34(44)23-11-5-2-6-12-23/h1-21,33H,(H,41,45)(H,42,46)(H,43,44)/b31-17+. The zero-order chi connectivity index (χ0) is 33.3. The van der Waals surface area contributed by atoms with Gasteiger partial charge in [-0.15, -0.1) is 11.8 Å². The lowest BCUT2D eigenvalue weighted by molar-refractivity contribution is -0.116. The maximum absolute atomic E-state index is 13.6. The fraction of sp³-hybridized carbons (Fsp3) is 0.0278. The molecule has 5 aromatic carbocycles. The number of halogens is 4. The van der Waals surface area contributed by atoms with Crippen LogP contribution in [-0.4, -0.2) is 17.7 Å². The Balaban J connectivity index is 1.40. The molecule has 0 saturated carbocycles. The first kappa shape index (κ1) is 34.1. The SMILES string of the molecule is O=C(Nc1cccc(SC(C(=O)Nc2cc(Cl)cc(Cl)c2)c2ccccc2)c1)/C(=C\c1cccc(Cl)c1Cl)NC(=O)c1ccccc1. The molecule has 236 valence electrons. The van der Waals surface area contributed by atoms with Gasteiger partial charge in [0.15, 0.2) is 0 Å². The Morgan fingerprint density at radius 3 is 2.02 bits per heavy atom. The first-order valence-electron chi connectivity index (χ1n) is 14.1. The minimum atomic E-state index is -0.662. The molecule has 0 heterocycles. The molecule has 0 aliphatic carbocycles. The highest BCUT2D eigenvalue weighted by atomic mass is 35.5. The summed E-state index contributed by atoms with van der Waals surface area (Å²) in [6.07, 6.45) is 1.46. The van der Waals surface area contributed by atoms with Gasteiger partial charge >= 0.3 is 0 Å². The van der Waals surface area contributed by atoms with E-state index in [2.05, 4.69) is 16.0 Å². The van der Waals surface area contributed by atoms with Crippen LogP contribution in [0.3, 0.4) is 0 Å². The average Bonchev–Trinajstić information content (AvgIpc) is 3.05. The molecule has 0 radical (unpaired) electrons.